The zero-order valence-electron chi connectivity index (χ0n) is 9.78. The molecule has 0 bridgehead atoms. The molecule has 0 spiro atoms. The minimum atomic E-state index is -0.350. The van der Waals surface area contributed by atoms with Crippen LogP contribution in [0.5, 0.6) is 0 Å². The Balaban J connectivity index is 2.28. The van der Waals surface area contributed by atoms with Crippen LogP contribution >= 0.6 is 15.9 Å². The summed E-state index contributed by atoms with van der Waals surface area (Å²) in [6.45, 7) is 1.64. The van der Waals surface area contributed by atoms with Crippen LogP contribution in [0.3, 0.4) is 0 Å². The number of hydrogen-bond acceptors (Lipinski definition) is 5. The highest BCUT2D eigenvalue weighted by Crippen LogP contribution is 2.25. The Morgan fingerprint density at radius 3 is 3.00 bits per heavy atom. The van der Waals surface area contributed by atoms with Crippen molar-refractivity contribution in [2.45, 2.75) is 6.92 Å². The van der Waals surface area contributed by atoms with Crippen LogP contribution in [0.1, 0.15) is 11.4 Å². The fourth-order valence-corrected chi connectivity index (χ4v) is 1.81. The van der Waals surface area contributed by atoms with E-state index in [0.717, 1.165) is 0 Å². The highest BCUT2D eigenvalue weighted by molar-refractivity contribution is 9.10. The number of hydrogen-bond donors (Lipinski definition) is 2. The molecule has 0 fully saturated rings. The normalized spacial score (nSPS) is 11.2. The van der Waals surface area contributed by atoms with Gasteiger partial charge in [0.1, 0.15) is 17.5 Å². The second-order valence-electron chi connectivity index (χ2n) is 3.58. The van der Waals surface area contributed by atoms with Crippen LogP contribution in [-0.4, -0.2) is 20.6 Å². The van der Waals surface area contributed by atoms with Crippen LogP contribution in [0.15, 0.2) is 22.8 Å². The first-order valence-corrected chi connectivity index (χ1v) is 5.98. The molecule has 2 N–H and O–H groups in total. The van der Waals surface area contributed by atoms with Crippen molar-refractivity contribution in [3.8, 4) is 6.07 Å². The lowest BCUT2D eigenvalue weighted by atomic mass is 10.2. The Bertz CT molecular complexity index is 659. The van der Waals surface area contributed by atoms with Crippen molar-refractivity contribution in [2.24, 2.45) is 0 Å². The summed E-state index contributed by atoms with van der Waals surface area (Å²) in [6, 6.07) is 5.21. The molecular formula is C11H8BrFN6. The van der Waals surface area contributed by atoms with Gasteiger partial charge in [0.15, 0.2) is 0 Å². The lowest BCUT2D eigenvalue weighted by Crippen LogP contribution is -1.97. The first-order chi connectivity index (χ1) is 9.13. The maximum absolute atomic E-state index is 13.7. The van der Waals surface area contributed by atoms with Crippen molar-refractivity contribution in [3.05, 3.63) is 40.0 Å². The summed E-state index contributed by atoms with van der Waals surface area (Å²) in [5, 5.41) is 24.8. The Hall–Kier alpha value is -2.27. The van der Waals surface area contributed by atoms with E-state index in [1.54, 1.807) is 19.1 Å². The first kappa shape index (κ1) is 13.2. The van der Waals surface area contributed by atoms with E-state index in [-0.39, 0.29) is 17.2 Å². The van der Waals surface area contributed by atoms with Gasteiger partial charge in [-0.25, -0.2) is 4.39 Å². The molecular weight excluding hydrogens is 315 g/mol. The molecule has 1 aromatic heterocycles. The number of nitriles is 1. The molecule has 8 heteroatoms. The van der Waals surface area contributed by atoms with E-state index in [1.807, 2.05) is 6.07 Å². The summed E-state index contributed by atoms with van der Waals surface area (Å²) in [6.07, 6.45) is 1.40. The summed E-state index contributed by atoms with van der Waals surface area (Å²) in [7, 11) is 0. The van der Waals surface area contributed by atoms with Crippen molar-refractivity contribution < 1.29 is 4.39 Å². The van der Waals surface area contributed by atoms with Gasteiger partial charge in [0, 0.05) is 17.5 Å². The Kier molecular flexibility index (Phi) is 3.87. The van der Waals surface area contributed by atoms with Crippen LogP contribution in [-0.2, 0) is 0 Å². The Labute approximate surface area is 116 Å². The molecule has 0 radical (unpaired) electrons. The van der Waals surface area contributed by atoms with Crippen molar-refractivity contribution in [1.29, 1.82) is 5.26 Å². The fraction of sp³-hybridized carbons (Fsp3) is 0.0909. The molecule has 19 heavy (non-hydrogen) atoms. The van der Waals surface area contributed by atoms with Gasteiger partial charge in [-0.1, -0.05) is 0 Å². The third-order valence-corrected chi connectivity index (χ3v) is 3.03. The second-order valence-corrected chi connectivity index (χ2v) is 4.44. The minimum Gasteiger partial charge on any atom is -0.360 e. The van der Waals surface area contributed by atoms with E-state index in [2.05, 4.69) is 41.9 Å². The molecule has 1 heterocycles. The number of benzene rings is 1. The molecule has 0 amide bonds. The first-order valence-electron chi connectivity index (χ1n) is 5.18. The van der Waals surface area contributed by atoms with E-state index < -0.39 is 0 Å². The summed E-state index contributed by atoms with van der Waals surface area (Å²) in [5.41, 5.74) is 1.18. The van der Waals surface area contributed by atoms with E-state index in [9.17, 15) is 4.39 Å². The van der Waals surface area contributed by atoms with E-state index in [0.29, 0.717) is 15.7 Å². The number of rotatable bonds is 3. The lowest BCUT2D eigenvalue weighted by molar-refractivity contribution is 0.612. The summed E-state index contributed by atoms with van der Waals surface area (Å²) in [5.74, 6) is -0.179. The molecule has 0 aliphatic rings. The van der Waals surface area contributed by atoms with Gasteiger partial charge in [-0.2, -0.15) is 10.5 Å². The summed E-state index contributed by atoms with van der Waals surface area (Å²) in [4.78, 5) is 0. The third kappa shape index (κ3) is 2.77. The predicted octanol–water partition coefficient (Wildman–Crippen LogP) is 2.39. The van der Waals surface area contributed by atoms with Gasteiger partial charge in [0.05, 0.1) is 4.47 Å². The number of tetrazole rings is 1. The Morgan fingerprint density at radius 2 is 2.37 bits per heavy atom. The van der Waals surface area contributed by atoms with E-state index in [1.165, 1.54) is 6.20 Å². The summed E-state index contributed by atoms with van der Waals surface area (Å²) < 4.78 is 14.0. The van der Waals surface area contributed by atoms with Gasteiger partial charge in [0.25, 0.3) is 0 Å². The van der Waals surface area contributed by atoms with Gasteiger partial charge in [-0.15, -0.1) is 10.2 Å². The smallest absolute Gasteiger partial charge is 0.216 e. The number of aromatic nitrogens is 4. The number of allylic oxidation sites excluding steroid dienone is 1. The number of H-pyrrole nitrogens is 1. The SMILES string of the molecule is Cc1c(NC=C(C#N)c2nn[nH]n2)ccc(Br)c1F. The molecule has 96 valence electrons. The van der Waals surface area contributed by atoms with Gasteiger partial charge in [-0.3, -0.25) is 0 Å². The zero-order chi connectivity index (χ0) is 13.8. The van der Waals surface area contributed by atoms with Gasteiger partial charge in [-0.05, 0) is 40.2 Å². The van der Waals surface area contributed by atoms with Crippen LogP contribution in [0.2, 0.25) is 0 Å². The molecule has 1 aromatic carbocycles. The van der Waals surface area contributed by atoms with Crippen molar-refractivity contribution in [2.75, 3.05) is 5.32 Å². The quantitative estimate of drug-likeness (QED) is 0.847. The van der Waals surface area contributed by atoms with E-state index >= 15 is 0 Å². The van der Waals surface area contributed by atoms with Gasteiger partial charge >= 0.3 is 0 Å². The summed E-state index contributed by atoms with van der Waals surface area (Å²) >= 11 is 3.10. The maximum atomic E-state index is 13.7. The van der Waals surface area contributed by atoms with Crippen LogP contribution in [0.4, 0.5) is 10.1 Å². The van der Waals surface area contributed by atoms with Crippen molar-refractivity contribution >= 4 is 27.2 Å². The number of anilines is 1. The zero-order valence-corrected chi connectivity index (χ0v) is 11.4. The molecule has 0 aliphatic carbocycles. The van der Waals surface area contributed by atoms with Crippen molar-refractivity contribution in [3.63, 3.8) is 0 Å². The molecule has 0 aliphatic heterocycles. The number of aromatic amines is 1. The molecule has 2 rings (SSSR count). The molecule has 2 aromatic rings. The predicted molar refractivity (Wildman–Crippen MR) is 70.2 cm³/mol. The average molecular weight is 323 g/mol. The topological polar surface area (TPSA) is 90.3 Å². The highest BCUT2D eigenvalue weighted by atomic mass is 79.9. The van der Waals surface area contributed by atoms with Crippen LogP contribution < -0.4 is 5.32 Å². The maximum Gasteiger partial charge on any atom is 0.216 e. The molecule has 0 saturated heterocycles. The van der Waals surface area contributed by atoms with Crippen LogP contribution in [0, 0.1) is 24.1 Å². The standard InChI is InChI=1S/C11H8BrFN6/c1-6-9(3-2-8(12)10(6)13)15-5-7(4-14)11-16-18-19-17-11/h2-3,5,15H,1H3,(H,16,17,18,19). The van der Waals surface area contributed by atoms with E-state index in [4.69, 9.17) is 5.26 Å². The third-order valence-electron chi connectivity index (χ3n) is 2.42. The molecule has 6 nitrogen and oxygen atoms in total. The average Bonchev–Trinajstić information content (AvgIpc) is 2.93. The largest absolute Gasteiger partial charge is 0.360 e. The second kappa shape index (κ2) is 5.58. The number of nitrogens with zero attached hydrogens (tertiary/aromatic N) is 4. The van der Waals surface area contributed by atoms with Gasteiger partial charge in [0.2, 0.25) is 5.82 Å². The number of halogens is 2. The number of nitrogens with one attached hydrogen (secondary N) is 2. The fourth-order valence-electron chi connectivity index (χ4n) is 1.38. The Morgan fingerprint density at radius 1 is 1.58 bits per heavy atom. The molecule has 0 unspecified atom stereocenters. The highest BCUT2D eigenvalue weighted by Gasteiger charge is 2.09. The molecule has 0 atom stereocenters. The minimum absolute atomic E-state index is 0.172. The monoisotopic (exact) mass is 322 g/mol. The van der Waals surface area contributed by atoms with Gasteiger partial charge < -0.3 is 5.32 Å². The van der Waals surface area contributed by atoms with Crippen molar-refractivity contribution in [1.82, 2.24) is 20.6 Å². The lowest BCUT2D eigenvalue weighted by Gasteiger charge is -2.07. The van der Waals surface area contributed by atoms with Crippen LogP contribution in [0.25, 0.3) is 5.57 Å². The molecule has 0 saturated carbocycles.